The third-order valence-electron chi connectivity index (χ3n) is 4.31. The third kappa shape index (κ3) is 5.27. The van der Waals surface area contributed by atoms with Crippen LogP contribution in [0.5, 0.6) is 5.75 Å². The molecule has 1 fully saturated rings. The van der Waals surface area contributed by atoms with Crippen molar-refractivity contribution in [2.45, 2.75) is 38.5 Å². The molecule has 1 heterocycles. The second-order valence-corrected chi connectivity index (χ2v) is 10.3. The van der Waals surface area contributed by atoms with E-state index in [1.807, 2.05) is 30.9 Å². The van der Waals surface area contributed by atoms with Crippen LogP contribution in [-0.2, 0) is 9.84 Å². The Balaban J connectivity index is 2.04. The first-order chi connectivity index (χ1) is 12.1. The zero-order valence-corrected chi connectivity index (χ0v) is 17.4. The highest BCUT2D eigenvalue weighted by atomic mass is 35.5. The number of aliphatic imine (C=N–C) groups is 1. The van der Waals surface area contributed by atoms with Gasteiger partial charge in [0.1, 0.15) is 11.9 Å². The Morgan fingerprint density at radius 2 is 2.19 bits per heavy atom. The van der Waals surface area contributed by atoms with Crippen LogP contribution < -0.4 is 10.1 Å². The fraction of sp³-hybridized carbons (Fsp3) is 0.611. The molecule has 0 aromatic heterocycles. The van der Waals surface area contributed by atoms with E-state index in [-0.39, 0.29) is 11.9 Å². The summed E-state index contributed by atoms with van der Waals surface area (Å²) >= 11 is 5.98. The normalized spacial score (nSPS) is 20.5. The zero-order chi connectivity index (χ0) is 19.4. The third-order valence-corrected chi connectivity index (χ3v) is 7.08. The molecule has 0 radical (unpaired) electrons. The summed E-state index contributed by atoms with van der Waals surface area (Å²) in [5.74, 6) is 1.56. The molecule has 1 aromatic carbocycles. The van der Waals surface area contributed by atoms with E-state index < -0.39 is 14.6 Å². The molecular weight excluding hydrogens is 374 g/mol. The largest absolute Gasteiger partial charge is 0.489 e. The van der Waals surface area contributed by atoms with E-state index in [0.29, 0.717) is 37.0 Å². The van der Waals surface area contributed by atoms with Crippen LogP contribution in [0.25, 0.3) is 0 Å². The molecule has 1 aliphatic heterocycles. The van der Waals surface area contributed by atoms with Crippen molar-refractivity contribution in [1.29, 1.82) is 0 Å². The molecule has 0 aliphatic carbocycles. The van der Waals surface area contributed by atoms with Crippen molar-refractivity contribution in [3.05, 3.63) is 29.3 Å². The molecule has 6 nitrogen and oxygen atoms in total. The van der Waals surface area contributed by atoms with Gasteiger partial charge in [0.25, 0.3) is 0 Å². The second-order valence-electron chi connectivity index (χ2n) is 7.08. The van der Waals surface area contributed by atoms with Gasteiger partial charge >= 0.3 is 0 Å². The van der Waals surface area contributed by atoms with Crippen molar-refractivity contribution in [3.8, 4) is 5.75 Å². The summed E-state index contributed by atoms with van der Waals surface area (Å²) in [4.78, 5) is 6.66. The Labute approximate surface area is 161 Å². The smallest absolute Gasteiger partial charge is 0.194 e. The van der Waals surface area contributed by atoms with Crippen molar-refractivity contribution in [1.82, 2.24) is 10.2 Å². The van der Waals surface area contributed by atoms with Crippen molar-refractivity contribution >= 4 is 27.4 Å². The molecule has 1 saturated heterocycles. The van der Waals surface area contributed by atoms with E-state index in [2.05, 4.69) is 10.3 Å². The van der Waals surface area contributed by atoms with Gasteiger partial charge in [0.2, 0.25) is 0 Å². The van der Waals surface area contributed by atoms with E-state index in [1.54, 1.807) is 26.0 Å². The van der Waals surface area contributed by atoms with Gasteiger partial charge in [-0.05, 0) is 45.9 Å². The lowest BCUT2D eigenvalue weighted by molar-refractivity contribution is 0.229. The van der Waals surface area contributed by atoms with E-state index in [1.165, 1.54) is 0 Å². The van der Waals surface area contributed by atoms with Gasteiger partial charge in [0, 0.05) is 24.7 Å². The van der Waals surface area contributed by atoms with Gasteiger partial charge in [0.05, 0.1) is 17.0 Å². The molecule has 26 heavy (non-hydrogen) atoms. The van der Waals surface area contributed by atoms with Crippen LogP contribution in [0, 0.1) is 0 Å². The Bertz CT molecular complexity index is 750. The van der Waals surface area contributed by atoms with Gasteiger partial charge in [-0.25, -0.2) is 13.4 Å². The number of hydrogen-bond acceptors (Lipinski definition) is 4. The van der Waals surface area contributed by atoms with Crippen molar-refractivity contribution < 1.29 is 13.2 Å². The summed E-state index contributed by atoms with van der Waals surface area (Å²) in [5.41, 5.74) is 0. The van der Waals surface area contributed by atoms with Crippen molar-refractivity contribution in [3.63, 3.8) is 0 Å². The Kier molecular flexibility index (Phi) is 6.80. The number of ether oxygens (including phenoxy) is 1. The molecule has 1 aliphatic rings. The molecule has 8 heteroatoms. The highest BCUT2D eigenvalue weighted by Gasteiger charge is 2.40. The highest BCUT2D eigenvalue weighted by molar-refractivity contribution is 7.92. The van der Waals surface area contributed by atoms with Gasteiger partial charge in [-0.1, -0.05) is 17.7 Å². The summed E-state index contributed by atoms with van der Waals surface area (Å²) in [6.45, 7) is 9.51. The molecule has 1 aromatic rings. The van der Waals surface area contributed by atoms with Crippen LogP contribution in [0.2, 0.25) is 5.02 Å². The fourth-order valence-corrected chi connectivity index (χ4v) is 4.32. The molecule has 1 atom stereocenters. The summed E-state index contributed by atoms with van der Waals surface area (Å²) < 4.78 is 29.5. The minimum Gasteiger partial charge on any atom is -0.489 e. The van der Waals surface area contributed by atoms with Crippen molar-refractivity contribution in [2.24, 2.45) is 4.99 Å². The van der Waals surface area contributed by atoms with Crippen LogP contribution in [-0.4, -0.2) is 62.1 Å². The van der Waals surface area contributed by atoms with Crippen LogP contribution in [0.4, 0.5) is 0 Å². The van der Waals surface area contributed by atoms with E-state index in [9.17, 15) is 8.42 Å². The molecule has 1 unspecified atom stereocenters. The Morgan fingerprint density at radius 3 is 2.81 bits per heavy atom. The van der Waals surface area contributed by atoms with Gasteiger partial charge in [-0.2, -0.15) is 0 Å². The first-order valence-corrected chi connectivity index (χ1v) is 10.9. The molecule has 1 N–H and O–H groups in total. The lowest BCUT2D eigenvalue weighted by Crippen LogP contribution is -2.57. The first kappa shape index (κ1) is 20.8. The van der Waals surface area contributed by atoms with Gasteiger partial charge in [-0.15, -0.1) is 0 Å². The number of nitrogens with one attached hydrogen (secondary N) is 1. The molecule has 0 bridgehead atoms. The fourth-order valence-electron chi connectivity index (χ4n) is 2.78. The van der Waals surface area contributed by atoms with Crippen molar-refractivity contribution in [2.75, 3.05) is 31.9 Å². The Hall–Kier alpha value is -1.47. The molecule has 0 spiro atoms. The maximum atomic E-state index is 12.2. The quantitative estimate of drug-likeness (QED) is 0.606. The molecule has 0 amide bonds. The molecule has 146 valence electrons. The van der Waals surface area contributed by atoms with E-state index in [4.69, 9.17) is 16.3 Å². The van der Waals surface area contributed by atoms with Crippen LogP contribution >= 0.6 is 11.6 Å². The minimum atomic E-state index is -3.08. The summed E-state index contributed by atoms with van der Waals surface area (Å²) in [7, 11) is -3.08. The van der Waals surface area contributed by atoms with Crippen LogP contribution in [0.3, 0.4) is 0 Å². The average Bonchev–Trinajstić information content (AvgIpc) is 2.54. The number of guanidine groups is 1. The number of halogens is 1. The summed E-state index contributed by atoms with van der Waals surface area (Å²) in [6, 6.07) is 7.26. The predicted molar refractivity (Wildman–Crippen MR) is 107 cm³/mol. The highest BCUT2D eigenvalue weighted by Crippen LogP contribution is 2.24. The van der Waals surface area contributed by atoms with Crippen LogP contribution in [0.15, 0.2) is 29.3 Å². The topological polar surface area (TPSA) is 71.0 Å². The zero-order valence-electron chi connectivity index (χ0n) is 15.8. The number of nitrogens with zero attached hydrogens (tertiary/aromatic N) is 2. The van der Waals surface area contributed by atoms with Gasteiger partial charge in [0.15, 0.2) is 15.8 Å². The summed E-state index contributed by atoms with van der Waals surface area (Å²) in [5, 5.41) is 3.88. The second kappa shape index (κ2) is 8.48. The molecular formula is C18H28ClN3O3S. The van der Waals surface area contributed by atoms with E-state index >= 15 is 0 Å². The average molecular weight is 402 g/mol. The van der Waals surface area contributed by atoms with Crippen LogP contribution in [0.1, 0.15) is 27.7 Å². The molecule has 2 rings (SSSR count). The number of benzene rings is 1. The lowest BCUT2D eigenvalue weighted by Gasteiger charge is -2.39. The predicted octanol–water partition coefficient (Wildman–Crippen LogP) is 2.58. The van der Waals surface area contributed by atoms with E-state index in [0.717, 1.165) is 5.96 Å². The first-order valence-electron chi connectivity index (χ1n) is 8.82. The Morgan fingerprint density at radius 1 is 1.46 bits per heavy atom. The standard InChI is InChI=1S/C18H28ClN3O3S/c1-5-20-17(22-9-10-26(23,24)18(3,4)13-22)21-12-14(2)25-16-8-6-7-15(19)11-16/h6-8,11,14H,5,9-10,12-13H2,1-4H3,(H,20,21). The lowest BCUT2D eigenvalue weighted by atomic mass is 10.2. The minimum absolute atomic E-state index is 0.136. The van der Waals surface area contributed by atoms with Gasteiger partial charge < -0.3 is 15.0 Å². The monoisotopic (exact) mass is 401 g/mol. The number of sulfone groups is 1. The maximum absolute atomic E-state index is 12.2. The van der Waals surface area contributed by atoms with Gasteiger partial charge in [-0.3, -0.25) is 0 Å². The summed E-state index contributed by atoms with van der Waals surface area (Å²) in [6.07, 6.45) is -0.136. The maximum Gasteiger partial charge on any atom is 0.194 e. The SMILES string of the molecule is CCNC(=NCC(C)Oc1cccc(Cl)c1)N1CCS(=O)(=O)C(C)(C)C1. The number of rotatable bonds is 5. The molecule has 0 saturated carbocycles. The number of hydrogen-bond donors (Lipinski definition) is 1.